The first kappa shape index (κ1) is 18.7. The molecule has 0 radical (unpaired) electrons. The highest BCUT2D eigenvalue weighted by atomic mass is 16.5. The second-order valence-corrected chi connectivity index (χ2v) is 8.15. The lowest BCUT2D eigenvalue weighted by Gasteiger charge is -2.38. The number of fused-ring (bicyclic) bond motifs is 1. The van der Waals surface area contributed by atoms with Crippen LogP contribution in [0.5, 0.6) is 0 Å². The van der Waals surface area contributed by atoms with E-state index in [4.69, 9.17) is 9.15 Å². The topological polar surface area (TPSA) is 50.9 Å². The van der Waals surface area contributed by atoms with Crippen LogP contribution in [0.15, 0.2) is 33.5 Å². The molecule has 1 aromatic carbocycles. The summed E-state index contributed by atoms with van der Waals surface area (Å²) in [6, 6.07) is 8.29. The molecule has 0 amide bonds. The molecule has 2 aromatic rings. The molecular weight excluding hydrogens is 342 g/mol. The smallest absolute Gasteiger partial charge is 0.408 e. The van der Waals surface area contributed by atoms with E-state index in [1.165, 1.54) is 19.4 Å². The Bertz CT molecular complexity index is 804. The van der Waals surface area contributed by atoms with Crippen LogP contribution < -0.4 is 5.76 Å². The minimum absolute atomic E-state index is 0.245. The van der Waals surface area contributed by atoms with E-state index in [2.05, 4.69) is 23.6 Å². The molecule has 6 nitrogen and oxygen atoms in total. The number of aryl methyl sites for hydroxylation is 1. The Morgan fingerprint density at radius 1 is 1.11 bits per heavy atom. The van der Waals surface area contributed by atoms with Crippen LogP contribution in [0.4, 0.5) is 0 Å². The zero-order valence-electron chi connectivity index (χ0n) is 16.5. The number of morpholine rings is 1. The summed E-state index contributed by atoms with van der Waals surface area (Å²) in [6.45, 7) is 10.4. The third-order valence-electron chi connectivity index (χ3n) is 5.86. The number of likely N-dealkylation sites (tertiary alicyclic amines) is 1. The predicted molar refractivity (Wildman–Crippen MR) is 106 cm³/mol. The van der Waals surface area contributed by atoms with Gasteiger partial charge < -0.3 is 9.15 Å². The highest BCUT2D eigenvalue weighted by Crippen LogP contribution is 2.21. The summed E-state index contributed by atoms with van der Waals surface area (Å²) in [7, 11) is 0. The number of para-hydroxylation sites is 2. The van der Waals surface area contributed by atoms with Crippen LogP contribution in [-0.2, 0) is 11.3 Å². The molecule has 3 unspecified atom stereocenters. The van der Waals surface area contributed by atoms with Gasteiger partial charge in [0, 0.05) is 38.8 Å². The molecule has 0 saturated carbocycles. The maximum absolute atomic E-state index is 12.1. The van der Waals surface area contributed by atoms with Gasteiger partial charge in [-0.05, 0) is 51.8 Å². The molecule has 2 saturated heterocycles. The molecule has 3 heterocycles. The number of benzene rings is 1. The van der Waals surface area contributed by atoms with Gasteiger partial charge in [0.1, 0.15) is 0 Å². The summed E-state index contributed by atoms with van der Waals surface area (Å²) in [6.07, 6.45) is 4.16. The van der Waals surface area contributed by atoms with Crippen LogP contribution in [0.2, 0.25) is 0 Å². The first-order valence-corrected chi connectivity index (χ1v) is 10.3. The van der Waals surface area contributed by atoms with E-state index in [-0.39, 0.29) is 5.76 Å². The van der Waals surface area contributed by atoms with Gasteiger partial charge >= 0.3 is 5.76 Å². The van der Waals surface area contributed by atoms with Gasteiger partial charge in [-0.1, -0.05) is 12.1 Å². The predicted octanol–water partition coefficient (Wildman–Crippen LogP) is 2.56. The number of nitrogens with zero attached hydrogens (tertiary/aromatic N) is 3. The van der Waals surface area contributed by atoms with E-state index < -0.39 is 0 Å². The summed E-state index contributed by atoms with van der Waals surface area (Å²) in [5.74, 6) is -0.245. The van der Waals surface area contributed by atoms with E-state index in [1.54, 1.807) is 4.57 Å². The van der Waals surface area contributed by atoms with Crippen molar-refractivity contribution in [3.05, 3.63) is 34.8 Å². The van der Waals surface area contributed by atoms with Crippen LogP contribution in [0, 0.1) is 0 Å². The molecule has 0 spiro atoms. The fourth-order valence-electron chi connectivity index (χ4n) is 4.79. The van der Waals surface area contributed by atoms with Gasteiger partial charge in [-0.25, -0.2) is 4.79 Å². The van der Waals surface area contributed by atoms with Crippen molar-refractivity contribution in [3.63, 3.8) is 0 Å². The Hall–Kier alpha value is -1.63. The quantitative estimate of drug-likeness (QED) is 0.779. The van der Waals surface area contributed by atoms with Crippen LogP contribution in [0.25, 0.3) is 11.1 Å². The third-order valence-corrected chi connectivity index (χ3v) is 5.86. The van der Waals surface area contributed by atoms with Crippen molar-refractivity contribution in [2.24, 2.45) is 0 Å². The molecule has 1 aromatic heterocycles. The molecule has 0 N–H and O–H groups in total. The van der Waals surface area contributed by atoms with Crippen LogP contribution >= 0.6 is 0 Å². The molecule has 2 aliphatic heterocycles. The largest absolute Gasteiger partial charge is 0.419 e. The SMILES string of the molecule is CC1CN(CC2CCCN2CCCn2c(=O)oc3ccccc32)CC(C)O1. The van der Waals surface area contributed by atoms with Crippen molar-refractivity contribution in [2.75, 3.05) is 32.7 Å². The Kier molecular flexibility index (Phi) is 5.66. The van der Waals surface area contributed by atoms with Gasteiger partial charge in [0.15, 0.2) is 5.58 Å². The normalized spacial score (nSPS) is 27.6. The second-order valence-electron chi connectivity index (χ2n) is 8.15. The Balaban J connectivity index is 1.32. The van der Waals surface area contributed by atoms with E-state index >= 15 is 0 Å². The highest BCUT2D eigenvalue weighted by molar-refractivity contribution is 5.72. The molecule has 4 rings (SSSR count). The summed E-state index contributed by atoms with van der Waals surface area (Å²) in [5, 5.41) is 0. The maximum atomic E-state index is 12.1. The lowest BCUT2D eigenvalue weighted by molar-refractivity contribution is -0.0722. The van der Waals surface area contributed by atoms with Crippen LogP contribution in [0.1, 0.15) is 33.1 Å². The minimum Gasteiger partial charge on any atom is -0.408 e. The van der Waals surface area contributed by atoms with Crippen molar-refractivity contribution in [1.29, 1.82) is 0 Å². The number of oxazole rings is 1. The maximum Gasteiger partial charge on any atom is 0.419 e. The average Bonchev–Trinajstić information content (AvgIpc) is 3.18. The van der Waals surface area contributed by atoms with Crippen molar-refractivity contribution in [3.8, 4) is 0 Å². The fraction of sp³-hybridized carbons (Fsp3) is 0.667. The molecular formula is C21H31N3O3. The number of hydrogen-bond acceptors (Lipinski definition) is 5. The Labute approximate surface area is 160 Å². The highest BCUT2D eigenvalue weighted by Gasteiger charge is 2.29. The first-order chi connectivity index (χ1) is 13.1. The zero-order chi connectivity index (χ0) is 18.8. The summed E-state index contributed by atoms with van der Waals surface area (Å²) < 4.78 is 13.0. The van der Waals surface area contributed by atoms with Gasteiger partial charge in [-0.15, -0.1) is 0 Å². The van der Waals surface area contributed by atoms with Gasteiger partial charge in [0.05, 0.1) is 17.7 Å². The van der Waals surface area contributed by atoms with Gasteiger partial charge in [-0.2, -0.15) is 0 Å². The van der Waals surface area contributed by atoms with Gasteiger partial charge in [-0.3, -0.25) is 14.4 Å². The van der Waals surface area contributed by atoms with Gasteiger partial charge in [0.25, 0.3) is 0 Å². The first-order valence-electron chi connectivity index (χ1n) is 10.3. The Morgan fingerprint density at radius 3 is 2.70 bits per heavy atom. The molecule has 6 heteroatoms. The van der Waals surface area contributed by atoms with E-state index in [1.807, 2.05) is 24.3 Å². The zero-order valence-corrected chi connectivity index (χ0v) is 16.5. The van der Waals surface area contributed by atoms with Crippen LogP contribution in [0.3, 0.4) is 0 Å². The summed E-state index contributed by atoms with van der Waals surface area (Å²) >= 11 is 0. The third kappa shape index (κ3) is 4.28. The van der Waals surface area contributed by atoms with Crippen molar-refractivity contribution in [2.45, 2.75) is 57.9 Å². The minimum atomic E-state index is -0.245. The summed E-state index contributed by atoms with van der Waals surface area (Å²) in [5.41, 5.74) is 1.58. The van der Waals surface area contributed by atoms with Crippen molar-refractivity contribution < 1.29 is 9.15 Å². The second kappa shape index (κ2) is 8.17. The summed E-state index contributed by atoms with van der Waals surface area (Å²) in [4.78, 5) is 17.3. The Morgan fingerprint density at radius 2 is 1.89 bits per heavy atom. The molecule has 0 bridgehead atoms. The molecule has 148 valence electrons. The number of aromatic nitrogens is 1. The molecule has 0 aliphatic carbocycles. The van der Waals surface area contributed by atoms with E-state index in [0.29, 0.717) is 30.4 Å². The van der Waals surface area contributed by atoms with E-state index in [9.17, 15) is 4.79 Å². The van der Waals surface area contributed by atoms with Crippen molar-refractivity contribution >= 4 is 11.1 Å². The molecule has 27 heavy (non-hydrogen) atoms. The van der Waals surface area contributed by atoms with Gasteiger partial charge in [0.2, 0.25) is 0 Å². The van der Waals surface area contributed by atoms with Crippen molar-refractivity contribution in [1.82, 2.24) is 14.4 Å². The lowest BCUT2D eigenvalue weighted by Crippen LogP contribution is -2.50. The monoisotopic (exact) mass is 373 g/mol. The number of ether oxygens (including phenoxy) is 1. The fourth-order valence-corrected chi connectivity index (χ4v) is 4.79. The number of rotatable bonds is 6. The molecule has 3 atom stereocenters. The average molecular weight is 373 g/mol. The lowest BCUT2D eigenvalue weighted by atomic mass is 10.1. The standard InChI is InChI=1S/C21H31N3O3/c1-16-13-22(14-17(2)26-16)15-18-7-5-10-23(18)11-6-12-24-19-8-3-4-9-20(19)27-21(24)25/h3-4,8-9,16-18H,5-7,10-15H2,1-2H3. The molecule has 2 aliphatic rings. The van der Waals surface area contributed by atoms with Crippen LogP contribution in [-0.4, -0.2) is 65.3 Å². The number of hydrogen-bond donors (Lipinski definition) is 0. The molecule has 2 fully saturated rings. The van der Waals surface area contributed by atoms with E-state index in [0.717, 1.165) is 38.1 Å².